The highest BCUT2D eigenvalue weighted by Crippen LogP contribution is 2.38. The molecule has 16 heavy (non-hydrogen) atoms. The van der Waals surface area contributed by atoms with Gasteiger partial charge in [-0.15, -0.1) is 0 Å². The lowest BCUT2D eigenvalue weighted by molar-refractivity contribution is -0.126. The van der Waals surface area contributed by atoms with Gasteiger partial charge in [-0.1, -0.05) is 19.4 Å². The van der Waals surface area contributed by atoms with Crippen LogP contribution in [0.15, 0.2) is 16.8 Å². The zero-order valence-electron chi connectivity index (χ0n) is 10.5. The molecule has 1 N–H and O–H groups in total. The predicted molar refractivity (Wildman–Crippen MR) is 65.3 cm³/mol. The first-order chi connectivity index (χ1) is 7.39. The van der Waals surface area contributed by atoms with Crippen LogP contribution in [0.1, 0.15) is 40.5 Å². The first-order valence-corrected chi connectivity index (χ1v) is 5.90. The number of fused-ring (bicyclic) bond motifs is 1. The van der Waals surface area contributed by atoms with E-state index in [0.717, 1.165) is 12.1 Å². The van der Waals surface area contributed by atoms with Gasteiger partial charge in [0.05, 0.1) is 17.7 Å². The van der Waals surface area contributed by atoms with E-state index in [1.54, 1.807) is 0 Å². The lowest BCUT2D eigenvalue weighted by atomic mass is 9.69. The molecule has 2 aliphatic rings. The van der Waals surface area contributed by atoms with Crippen LogP contribution in [0.2, 0.25) is 0 Å². The number of carbonyl (C=O) groups excluding carboxylic acids is 1. The molecular formula is C13H20N2O. The standard InChI is InChI=1S/C13H20N2O/c1-8(2)5-9-12-10(15-14-9)6-13(3,4)7-11(12)16/h5,10,12,15H,6-7H2,1-4H3. The van der Waals surface area contributed by atoms with E-state index in [-0.39, 0.29) is 17.4 Å². The molecule has 3 nitrogen and oxygen atoms in total. The molecule has 2 unspecified atom stereocenters. The number of carbonyl (C=O) groups is 1. The van der Waals surface area contributed by atoms with Crippen molar-refractivity contribution in [3.05, 3.63) is 11.6 Å². The molecule has 1 heterocycles. The van der Waals surface area contributed by atoms with Gasteiger partial charge in [-0.25, -0.2) is 0 Å². The van der Waals surface area contributed by atoms with Crippen molar-refractivity contribution in [3.63, 3.8) is 0 Å². The van der Waals surface area contributed by atoms with Crippen molar-refractivity contribution >= 4 is 11.5 Å². The summed E-state index contributed by atoms with van der Waals surface area (Å²) in [5, 5.41) is 4.31. The smallest absolute Gasteiger partial charge is 0.144 e. The maximum atomic E-state index is 12.1. The van der Waals surface area contributed by atoms with Crippen molar-refractivity contribution < 1.29 is 4.79 Å². The van der Waals surface area contributed by atoms with E-state index < -0.39 is 0 Å². The van der Waals surface area contributed by atoms with Gasteiger partial charge in [0.2, 0.25) is 0 Å². The Hall–Kier alpha value is -1.12. The largest absolute Gasteiger partial charge is 0.306 e. The molecule has 0 aromatic carbocycles. The number of hydrazone groups is 1. The Morgan fingerprint density at radius 3 is 2.81 bits per heavy atom. The average molecular weight is 220 g/mol. The lowest BCUT2D eigenvalue weighted by Gasteiger charge is -2.35. The van der Waals surface area contributed by atoms with Crippen LogP contribution in [-0.4, -0.2) is 17.5 Å². The van der Waals surface area contributed by atoms with Crippen LogP contribution in [0, 0.1) is 11.3 Å². The van der Waals surface area contributed by atoms with E-state index in [2.05, 4.69) is 24.4 Å². The summed E-state index contributed by atoms with van der Waals surface area (Å²) in [5.41, 5.74) is 5.35. The van der Waals surface area contributed by atoms with Crippen molar-refractivity contribution in [3.8, 4) is 0 Å². The predicted octanol–water partition coefficient (Wildman–Crippen LogP) is 2.29. The quantitative estimate of drug-likeness (QED) is 0.736. The fourth-order valence-corrected chi connectivity index (χ4v) is 2.73. The van der Waals surface area contributed by atoms with Gasteiger partial charge in [0, 0.05) is 6.42 Å². The molecule has 1 fully saturated rings. The number of rotatable bonds is 1. The minimum absolute atomic E-state index is 0.0112. The molecule has 0 bridgehead atoms. The third-order valence-electron chi connectivity index (χ3n) is 3.29. The summed E-state index contributed by atoms with van der Waals surface area (Å²) in [6.45, 7) is 8.38. The molecule has 0 saturated heterocycles. The minimum atomic E-state index is -0.0112. The molecule has 0 aromatic heterocycles. The number of hydrogen-bond donors (Lipinski definition) is 1. The van der Waals surface area contributed by atoms with Crippen molar-refractivity contribution in [2.24, 2.45) is 16.4 Å². The monoisotopic (exact) mass is 220 g/mol. The van der Waals surface area contributed by atoms with Gasteiger partial charge in [0.25, 0.3) is 0 Å². The first-order valence-electron chi connectivity index (χ1n) is 5.90. The van der Waals surface area contributed by atoms with Crippen LogP contribution >= 0.6 is 0 Å². The minimum Gasteiger partial charge on any atom is -0.306 e. The Morgan fingerprint density at radius 2 is 2.19 bits per heavy atom. The van der Waals surface area contributed by atoms with Crippen LogP contribution in [0.3, 0.4) is 0 Å². The molecule has 88 valence electrons. The second kappa shape index (κ2) is 3.72. The fourth-order valence-electron chi connectivity index (χ4n) is 2.73. The average Bonchev–Trinajstić information content (AvgIpc) is 2.44. The van der Waals surface area contributed by atoms with Gasteiger partial charge >= 0.3 is 0 Å². The molecule has 2 atom stereocenters. The van der Waals surface area contributed by atoms with Crippen molar-refractivity contribution in [2.45, 2.75) is 46.6 Å². The highest BCUT2D eigenvalue weighted by molar-refractivity contribution is 6.12. The van der Waals surface area contributed by atoms with E-state index in [1.165, 1.54) is 5.57 Å². The van der Waals surface area contributed by atoms with Gasteiger partial charge in [-0.05, 0) is 31.8 Å². The number of nitrogens with zero attached hydrogens (tertiary/aromatic N) is 1. The first kappa shape index (κ1) is 11.4. The Morgan fingerprint density at radius 1 is 1.50 bits per heavy atom. The molecule has 1 aliphatic heterocycles. The van der Waals surface area contributed by atoms with Crippen LogP contribution < -0.4 is 5.43 Å². The van der Waals surface area contributed by atoms with Gasteiger partial charge in [0.1, 0.15) is 5.78 Å². The summed E-state index contributed by atoms with van der Waals surface area (Å²) in [4.78, 5) is 12.1. The zero-order chi connectivity index (χ0) is 11.9. The van der Waals surface area contributed by atoms with E-state index in [0.29, 0.717) is 12.2 Å². The second-order valence-corrected chi connectivity index (χ2v) is 5.98. The summed E-state index contributed by atoms with van der Waals surface area (Å²) < 4.78 is 0. The number of nitrogens with one attached hydrogen (secondary N) is 1. The highest BCUT2D eigenvalue weighted by atomic mass is 16.1. The molecular weight excluding hydrogens is 200 g/mol. The maximum absolute atomic E-state index is 12.1. The summed E-state index contributed by atoms with van der Waals surface area (Å²) >= 11 is 0. The number of ketones is 1. The molecule has 1 aliphatic carbocycles. The van der Waals surface area contributed by atoms with Crippen LogP contribution in [0.4, 0.5) is 0 Å². The SMILES string of the molecule is CC(C)=CC1=NNC2CC(C)(C)CC(=O)C12. The normalized spacial score (nSPS) is 31.5. The molecule has 1 saturated carbocycles. The van der Waals surface area contributed by atoms with Gasteiger partial charge in [0.15, 0.2) is 0 Å². The van der Waals surface area contributed by atoms with Gasteiger partial charge < -0.3 is 5.43 Å². The fraction of sp³-hybridized carbons (Fsp3) is 0.692. The van der Waals surface area contributed by atoms with E-state index in [4.69, 9.17) is 0 Å². The Kier molecular flexibility index (Phi) is 2.64. The van der Waals surface area contributed by atoms with E-state index in [9.17, 15) is 4.79 Å². The summed E-state index contributed by atoms with van der Waals surface area (Å²) in [7, 11) is 0. The zero-order valence-corrected chi connectivity index (χ0v) is 10.5. The van der Waals surface area contributed by atoms with Crippen molar-refractivity contribution in [2.75, 3.05) is 0 Å². The van der Waals surface area contributed by atoms with Crippen LogP contribution in [0.25, 0.3) is 0 Å². The maximum Gasteiger partial charge on any atom is 0.144 e. The number of allylic oxidation sites excluding steroid dienone is 2. The van der Waals surface area contributed by atoms with E-state index >= 15 is 0 Å². The van der Waals surface area contributed by atoms with Crippen molar-refractivity contribution in [1.82, 2.24) is 5.43 Å². The van der Waals surface area contributed by atoms with Crippen molar-refractivity contribution in [1.29, 1.82) is 0 Å². The molecule has 0 spiro atoms. The molecule has 2 rings (SSSR count). The Balaban J connectivity index is 2.22. The summed E-state index contributed by atoms with van der Waals surface area (Å²) in [5.74, 6) is 0.324. The molecule has 0 amide bonds. The Labute approximate surface area is 97.0 Å². The Bertz CT molecular complexity index is 375. The summed E-state index contributed by atoms with van der Waals surface area (Å²) in [6.07, 6.45) is 3.71. The number of hydrogen-bond acceptors (Lipinski definition) is 3. The third kappa shape index (κ3) is 2.04. The van der Waals surface area contributed by atoms with E-state index in [1.807, 2.05) is 19.9 Å². The molecule has 0 aromatic rings. The third-order valence-corrected chi connectivity index (χ3v) is 3.29. The van der Waals surface area contributed by atoms with Gasteiger partial charge in [-0.3, -0.25) is 4.79 Å². The van der Waals surface area contributed by atoms with Crippen LogP contribution in [-0.2, 0) is 4.79 Å². The second-order valence-electron chi connectivity index (χ2n) is 5.98. The van der Waals surface area contributed by atoms with Gasteiger partial charge in [-0.2, -0.15) is 5.10 Å². The number of Topliss-reactive ketones (excluding diaryl/α,β-unsaturated/α-hetero) is 1. The van der Waals surface area contributed by atoms with Crippen LogP contribution in [0.5, 0.6) is 0 Å². The lowest BCUT2D eigenvalue weighted by Crippen LogP contribution is -2.45. The highest BCUT2D eigenvalue weighted by Gasteiger charge is 2.45. The summed E-state index contributed by atoms with van der Waals surface area (Å²) in [6, 6.07) is 0.210. The molecule has 3 heteroatoms. The topological polar surface area (TPSA) is 41.5 Å². The molecule has 0 radical (unpaired) electrons.